The van der Waals surface area contributed by atoms with Gasteiger partial charge in [0.15, 0.2) is 0 Å². The fourth-order valence-electron chi connectivity index (χ4n) is 2.49. The van der Waals surface area contributed by atoms with Crippen molar-refractivity contribution in [2.24, 2.45) is 5.92 Å². The number of halogens is 2. The molecule has 4 nitrogen and oxygen atoms in total. The summed E-state index contributed by atoms with van der Waals surface area (Å²) in [5.74, 6) is -0.161. The predicted molar refractivity (Wildman–Crippen MR) is 84.1 cm³/mol. The number of rotatable bonds is 4. The lowest BCUT2D eigenvalue weighted by molar-refractivity contribution is 0.172. The summed E-state index contributed by atoms with van der Waals surface area (Å²) in [5, 5.41) is 0. The first-order valence-corrected chi connectivity index (χ1v) is 9.21. The fourth-order valence-corrected chi connectivity index (χ4v) is 4.29. The van der Waals surface area contributed by atoms with E-state index in [1.54, 1.807) is 6.07 Å². The first kappa shape index (κ1) is 16.9. The summed E-state index contributed by atoms with van der Waals surface area (Å²) in [5.41, 5.74) is 0. The molecule has 1 aromatic rings. The minimum Gasteiger partial charge on any atom is -0.300 e. The third kappa shape index (κ3) is 4.03. The molecule has 1 aliphatic rings. The number of hydrogen-bond acceptors (Lipinski definition) is 3. The number of nitrogens with zero attached hydrogens (tertiary/aromatic N) is 2. The molecule has 118 valence electrons. The van der Waals surface area contributed by atoms with Gasteiger partial charge >= 0.3 is 0 Å². The third-order valence-corrected chi connectivity index (χ3v) is 5.89. The van der Waals surface area contributed by atoms with Crippen LogP contribution < -0.4 is 0 Å². The van der Waals surface area contributed by atoms with Crippen LogP contribution in [0.5, 0.6) is 0 Å². The fraction of sp³-hybridized carbons (Fsp3) is 0.571. The molecule has 7 heteroatoms. The Balaban J connectivity index is 2.11. The second-order valence-corrected chi connectivity index (χ2v) is 8.50. The van der Waals surface area contributed by atoms with Gasteiger partial charge in [-0.1, -0.05) is 29.8 Å². The van der Waals surface area contributed by atoms with Crippen molar-refractivity contribution >= 4 is 26.0 Å². The van der Waals surface area contributed by atoms with Gasteiger partial charge in [-0.15, -0.1) is 0 Å². The van der Waals surface area contributed by atoms with Gasteiger partial charge in [-0.25, -0.2) is 12.8 Å². The first-order valence-electron chi connectivity index (χ1n) is 6.98. The summed E-state index contributed by atoms with van der Waals surface area (Å²) < 4.78 is 40.8. The maximum Gasteiger partial charge on any atom is 0.246 e. The summed E-state index contributed by atoms with van der Waals surface area (Å²) in [7, 11) is -3.75. The van der Waals surface area contributed by atoms with E-state index in [-0.39, 0.29) is 4.90 Å². The normalized spacial score (nSPS) is 18.3. The highest BCUT2D eigenvalue weighted by Gasteiger charge is 2.30. The SMILES string of the molecule is CC(C)CN1CCN(S(=O)(=O)c2ccc(Br)cc2F)CC1. The Labute approximate surface area is 134 Å². The van der Waals surface area contributed by atoms with Crippen LogP contribution in [0.3, 0.4) is 0 Å². The Morgan fingerprint density at radius 2 is 1.86 bits per heavy atom. The van der Waals surface area contributed by atoms with Crippen molar-refractivity contribution in [3.8, 4) is 0 Å². The minimum absolute atomic E-state index is 0.247. The number of sulfonamides is 1. The lowest BCUT2D eigenvalue weighted by Gasteiger charge is -2.34. The molecule has 0 saturated carbocycles. The van der Waals surface area contributed by atoms with Crippen molar-refractivity contribution in [2.75, 3.05) is 32.7 Å². The molecule has 0 unspecified atom stereocenters. The monoisotopic (exact) mass is 378 g/mol. The van der Waals surface area contributed by atoms with Gasteiger partial charge in [-0.05, 0) is 24.1 Å². The van der Waals surface area contributed by atoms with E-state index in [0.717, 1.165) is 6.54 Å². The van der Waals surface area contributed by atoms with E-state index in [4.69, 9.17) is 0 Å². The summed E-state index contributed by atoms with van der Waals surface area (Å²) in [6.07, 6.45) is 0. The van der Waals surface area contributed by atoms with Crippen molar-refractivity contribution in [1.82, 2.24) is 9.21 Å². The molecule has 0 spiro atoms. The van der Waals surface area contributed by atoms with Gasteiger partial charge in [-0.3, -0.25) is 0 Å². The van der Waals surface area contributed by atoms with E-state index < -0.39 is 15.8 Å². The number of piperazine rings is 1. The average molecular weight is 379 g/mol. The largest absolute Gasteiger partial charge is 0.300 e. The molecule has 1 fully saturated rings. The van der Waals surface area contributed by atoms with Gasteiger partial charge in [0.1, 0.15) is 10.7 Å². The zero-order valence-corrected chi connectivity index (χ0v) is 14.6. The van der Waals surface area contributed by atoms with E-state index in [1.165, 1.54) is 16.4 Å². The molecular formula is C14H20BrFN2O2S. The highest BCUT2D eigenvalue weighted by molar-refractivity contribution is 9.10. The molecule has 2 rings (SSSR count). The average Bonchev–Trinajstić information content (AvgIpc) is 2.38. The van der Waals surface area contributed by atoms with Crippen molar-refractivity contribution in [2.45, 2.75) is 18.7 Å². The van der Waals surface area contributed by atoms with Gasteiger partial charge in [-0.2, -0.15) is 4.31 Å². The van der Waals surface area contributed by atoms with Crippen LogP contribution in [0.2, 0.25) is 0 Å². The third-order valence-electron chi connectivity index (χ3n) is 3.47. The van der Waals surface area contributed by atoms with Crippen LogP contribution in [0.1, 0.15) is 13.8 Å². The molecule has 0 radical (unpaired) electrons. The highest BCUT2D eigenvalue weighted by Crippen LogP contribution is 2.23. The molecule has 21 heavy (non-hydrogen) atoms. The predicted octanol–water partition coefficient (Wildman–Crippen LogP) is 2.55. The standard InChI is InChI=1S/C14H20BrFN2O2S/c1-11(2)10-17-5-7-18(8-6-17)21(19,20)14-4-3-12(15)9-13(14)16/h3-4,9,11H,5-8,10H2,1-2H3. The molecule has 1 heterocycles. The van der Waals surface area contributed by atoms with E-state index in [2.05, 4.69) is 34.7 Å². The molecule has 0 amide bonds. The Hall–Kier alpha value is -0.500. The molecule has 1 aliphatic heterocycles. The molecule has 1 saturated heterocycles. The quantitative estimate of drug-likeness (QED) is 0.808. The second kappa shape index (κ2) is 6.73. The molecular weight excluding hydrogens is 359 g/mol. The van der Waals surface area contributed by atoms with Crippen LogP contribution in [0.4, 0.5) is 4.39 Å². The van der Waals surface area contributed by atoms with Crippen LogP contribution in [-0.4, -0.2) is 50.3 Å². The minimum atomic E-state index is -3.75. The van der Waals surface area contributed by atoms with E-state index in [9.17, 15) is 12.8 Å². The summed E-state index contributed by atoms with van der Waals surface area (Å²) in [6.45, 7) is 7.43. The Kier molecular flexibility index (Phi) is 5.40. The first-order chi connectivity index (χ1) is 9.80. The Bertz CT molecular complexity index is 599. The lowest BCUT2D eigenvalue weighted by Crippen LogP contribution is -2.49. The van der Waals surface area contributed by atoms with Crippen LogP contribution in [-0.2, 0) is 10.0 Å². The van der Waals surface area contributed by atoms with Crippen molar-refractivity contribution in [1.29, 1.82) is 0 Å². The van der Waals surface area contributed by atoms with Gasteiger partial charge in [0.05, 0.1) is 0 Å². The molecule has 1 aromatic carbocycles. The van der Waals surface area contributed by atoms with Crippen molar-refractivity contribution in [3.05, 3.63) is 28.5 Å². The van der Waals surface area contributed by atoms with Crippen molar-refractivity contribution in [3.63, 3.8) is 0 Å². The summed E-state index contributed by atoms with van der Waals surface area (Å²) >= 11 is 3.13. The second-order valence-electron chi connectivity index (χ2n) is 5.67. The molecule has 0 bridgehead atoms. The Morgan fingerprint density at radius 3 is 2.38 bits per heavy atom. The highest BCUT2D eigenvalue weighted by atomic mass is 79.9. The molecule has 0 N–H and O–H groups in total. The zero-order chi connectivity index (χ0) is 15.6. The number of benzene rings is 1. The maximum atomic E-state index is 13.9. The van der Waals surface area contributed by atoms with Gasteiger partial charge in [0.25, 0.3) is 0 Å². The van der Waals surface area contributed by atoms with E-state index in [1.807, 2.05) is 0 Å². The zero-order valence-electron chi connectivity index (χ0n) is 12.2. The number of hydrogen-bond donors (Lipinski definition) is 0. The summed E-state index contributed by atoms with van der Waals surface area (Å²) in [6, 6.07) is 4.04. The van der Waals surface area contributed by atoms with Crippen molar-refractivity contribution < 1.29 is 12.8 Å². The summed E-state index contributed by atoms with van der Waals surface area (Å²) in [4.78, 5) is 2.00. The topological polar surface area (TPSA) is 40.6 Å². The van der Waals surface area contributed by atoms with Gasteiger partial charge < -0.3 is 4.90 Å². The molecule has 0 aromatic heterocycles. The van der Waals surface area contributed by atoms with Crippen LogP contribution in [0.15, 0.2) is 27.6 Å². The lowest BCUT2D eigenvalue weighted by atomic mass is 10.2. The van der Waals surface area contributed by atoms with Crippen LogP contribution in [0.25, 0.3) is 0 Å². The molecule has 0 atom stereocenters. The van der Waals surface area contributed by atoms with Gasteiger partial charge in [0.2, 0.25) is 10.0 Å². The molecule has 0 aliphatic carbocycles. The van der Waals surface area contributed by atoms with E-state index >= 15 is 0 Å². The maximum absolute atomic E-state index is 13.9. The van der Waals surface area contributed by atoms with Crippen LogP contribution >= 0.6 is 15.9 Å². The Morgan fingerprint density at radius 1 is 1.24 bits per heavy atom. The smallest absolute Gasteiger partial charge is 0.246 e. The van der Waals surface area contributed by atoms with E-state index in [0.29, 0.717) is 36.6 Å². The van der Waals surface area contributed by atoms with Gasteiger partial charge in [0, 0.05) is 37.2 Å². The van der Waals surface area contributed by atoms with Crippen LogP contribution in [0, 0.1) is 11.7 Å².